The summed E-state index contributed by atoms with van der Waals surface area (Å²) in [6, 6.07) is 3.46. The first-order valence-electron chi connectivity index (χ1n) is 4.80. The molecule has 4 nitrogen and oxygen atoms in total. The number of anilines is 1. The van der Waals surface area contributed by atoms with E-state index in [-0.39, 0.29) is 5.15 Å². The first-order chi connectivity index (χ1) is 8.06. The zero-order valence-electron chi connectivity index (χ0n) is 8.91. The lowest BCUT2D eigenvalue weighted by Crippen LogP contribution is -2.03. The standard InChI is InChI=1S/C10H9Cl3N4/c1-17-3-2-6(16-17)5-14-10-8(12)4-7(11)9(13)15-10/h2-4H,5H2,1H3,(H,14,15). The highest BCUT2D eigenvalue weighted by Gasteiger charge is 2.07. The van der Waals surface area contributed by atoms with Gasteiger partial charge in [0.1, 0.15) is 11.0 Å². The van der Waals surface area contributed by atoms with Crippen LogP contribution in [0.3, 0.4) is 0 Å². The van der Waals surface area contributed by atoms with Gasteiger partial charge in [-0.15, -0.1) is 0 Å². The van der Waals surface area contributed by atoms with E-state index in [0.29, 0.717) is 22.4 Å². The molecule has 0 aromatic carbocycles. The molecule has 0 saturated heterocycles. The van der Waals surface area contributed by atoms with Crippen LogP contribution in [0.15, 0.2) is 18.3 Å². The molecule has 2 aromatic heterocycles. The summed E-state index contributed by atoms with van der Waals surface area (Å²) in [4.78, 5) is 4.05. The third-order valence-electron chi connectivity index (χ3n) is 2.09. The zero-order valence-corrected chi connectivity index (χ0v) is 11.2. The molecular formula is C10H9Cl3N4. The van der Waals surface area contributed by atoms with Crippen molar-refractivity contribution in [2.24, 2.45) is 7.05 Å². The molecule has 2 aromatic rings. The van der Waals surface area contributed by atoms with Gasteiger partial charge in [0.2, 0.25) is 0 Å². The Morgan fingerprint density at radius 1 is 1.29 bits per heavy atom. The second-order valence-electron chi connectivity index (χ2n) is 3.43. The van der Waals surface area contributed by atoms with Crippen LogP contribution in [-0.4, -0.2) is 14.8 Å². The monoisotopic (exact) mass is 290 g/mol. The number of aromatic nitrogens is 3. The van der Waals surface area contributed by atoms with Gasteiger partial charge in [0, 0.05) is 13.2 Å². The third kappa shape index (κ3) is 3.03. The Hall–Kier alpha value is -0.970. The van der Waals surface area contributed by atoms with Crippen molar-refractivity contribution < 1.29 is 0 Å². The molecule has 0 saturated carbocycles. The van der Waals surface area contributed by atoms with Crippen LogP contribution in [0.4, 0.5) is 5.82 Å². The van der Waals surface area contributed by atoms with Crippen molar-refractivity contribution in [2.75, 3.05) is 5.32 Å². The number of pyridine rings is 1. The molecule has 90 valence electrons. The molecule has 0 unspecified atom stereocenters. The molecule has 0 radical (unpaired) electrons. The number of hydrogen-bond donors (Lipinski definition) is 1. The topological polar surface area (TPSA) is 42.7 Å². The molecule has 0 aliphatic rings. The van der Waals surface area contributed by atoms with Crippen molar-refractivity contribution >= 4 is 40.6 Å². The van der Waals surface area contributed by atoms with E-state index in [4.69, 9.17) is 34.8 Å². The van der Waals surface area contributed by atoms with E-state index < -0.39 is 0 Å². The Kier molecular flexibility index (Phi) is 3.76. The number of nitrogens with zero attached hydrogens (tertiary/aromatic N) is 3. The highest BCUT2D eigenvalue weighted by molar-refractivity contribution is 6.42. The maximum Gasteiger partial charge on any atom is 0.150 e. The number of nitrogens with one attached hydrogen (secondary N) is 1. The van der Waals surface area contributed by atoms with Gasteiger partial charge < -0.3 is 5.32 Å². The number of hydrogen-bond acceptors (Lipinski definition) is 3. The van der Waals surface area contributed by atoms with Gasteiger partial charge in [-0.3, -0.25) is 4.68 Å². The van der Waals surface area contributed by atoms with Gasteiger partial charge >= 0.3 is 0 Å². The maximum absolute atomic E-state index is 5.98. The summed E-state index contributed by atoms with van der Waals surface area (Å²) in [7, 11) is 1.86. The van der Waals surface area contributed by atoms with Gasteiger partial charge in [0.25, 0.3) is 0 Å². The largest absolute Gasteiger partial charge is 0.363 e. The van der Waals surface area contributed by atoms with Gasteiger partial charge in [-0.05, 0) is 12.1 Å². The van der Waals surface area contributed by atoms with Crippen LogP contribution in [0.25, 0.3) is 0 Å². The fraction of sp³-hybridized carbons (Fsp3) is 0.200. The van der Waals surface area contributed by atoms with Crippen molar-refractivity contribution in [1.82, 2.24) is 14.8 Å². The number of halogens is 3. The third-order valence-corrected chi connectivity index (χ3v) is 3.05. The number of aryl methyl sites for hydroxylation is 1. The lowest BCUT2D eigenvalue weighted by atomic mass is 10.4. The second kappa shape index (κ2) is 5.12. The predicted molar refractivity (Wildman–Crippen MR) is 69.8 cm³/mol. The van der Waals surface area contributed by atoms with Crippen molar-refractivity contribution in [2.45, 2.75) is 6.54 Å². The minimum absolute atomic E-state index is 0.222. The van der Waals surface area contributed by atoms with Crippen LogP contribution in [0.1, 0.15) is 5.69 Å². The Balaban J connectivity index is 2.11. The van der Waals surface area contributed by atoms with E-state index in [1.165, 1.54) is 0 Å². The van der Waals surface area contributed by atoms with Gasteiger partial charge in [0.15, 0.2) is 0 Å². The first kappa shape index (κ1) is 12.5. The molecular weight excluding hydrogens is 282 g/mol. The van der Waals surface area contributed by atoms with Crippen molar-refractivity contribution in [3.63, 3.8) is 0 Å². The molecule has 17 heavy (non-hydrogen) atoms. The quantitative estimate of drug-likeness (QED) is 0.882. The first-order valence-corrected chi connectivity index (χ1v) is 5.93. The van der Waals surface area contributed by atoms with Crippen LogP contribution >= 0.6 is 34.8 Å². The van der Waals surface area contributed by atoms with Crippen LogP contribution < -0.4 is 5.32 Å². The molecule has 0 spiro atoms. The van der Waals surface area contributed by atoms with Gasteiger partial charge in [-0.25, -0.2) is 4.98 Å². The van der Waals surface area contributed by atoms with Crippen LogP contribution in [-0.2, 0) is 13.6 Å². The minimum atomic E-state index is 0.222. The smallest absolute Gasteiger partial charge is 0.150 e. The second-order valence-corrected chi connectivity index (χ2v) is 4.60. The molecule has 0 aliphatic heterocycles. The zero-order chi connectivity index (χ0) is 12.4. The number of rotatable bonds is 3. The van der Waals surface area contributed by atoms with Gasteiger partial charge in [-0.2, -0.15) is 5.10 Å². The van der Waals surface area contributed by atoms with Gasteiger partial charge in [-0.1, -0.05) is 34.8 Å². The minimum Gasteiger partial charge on any atom is -0.363 e. The average Bonchev–Trinajstić information content (AvgIpc) is 2.68. The molecule has 0 atom stereocenters. The van der Waals surface area contributed by atoms with E-state index in [9.17, 15) is 0 Å². The van der Waals surface area contributed by atoms with E-state index in [1.54, 1.807) is 10.7 Å². The van der Waals surface area contributed by atoms with Crippen molar-refractivity contribution in [1.29, 1.82) is 0 Å². The molecule has 7 heteroatoms. The summed E-state index contributed by atoms with van der Waals surface area (Å²) in [5.74, 6) is 0.492. The molecule has 2 rings (SSSR count). The predicted octanol–water partition coefficient (Wildman–Crippen LogP) is 3.39. The molecule has 2 heterocycles. The fourth-order valence-electron chi connectivity index (χ4n) is 1.30. The molecule has 0 fully saturated rings. The highest BCUT2D eigenvalue weighted by Crippen LogP contribution is 2.28. The highest BCUT2D eigenvalue weighted by atomic mass is 35.5. The molecule has 0 bridgehead atoms. The van der Waals surface area contributed by atoms with E-state index >= 15 is 0 Å². The summed E-state index contributed by atoms with van der Waals surface area (Å²) in [6.07, 6.45) is 1.86. The normalized spacial score (nSPS) is 10.6. The molecule has 0 amide bonds. The van der Waals surface area contributed by atoms with Crippen LogP contribution in [0.2, 0.25) is 15.2 Å². The molecule has 1 N–H and O–H groups in total. The Morgan fingerprint density at radius 3 is 2.71 bits per heavy atom. The lowest BCUT2D eigenvalue weighted by Gasteiger charge is -2.07. The fourth-order valence-corrected chi connectivity index (χ4v) is 1.86. The summed E-state index contributed by atoms with van der Waals surface area (Å²) in [5, 5.41) is 8.25. The summed E-state index contributed by atoms with van der Waals surface area (Å²) < 4.78 is 1.72. The Labute approximate surface area is 114 Å². The van der Waals surface area contributed by atoms with E-state index in [1.807, 2.05) is 19.3 Å². The summed E-state index contributed by atoms with van der Waals surface area (Å²) >= 11 is 17.6. The van der Waals surface area contributed by atoms with Gasteiger partial charge in [0.05, 0.1) is 22.3 Å². The Bertz CT molecular complexity index is 538. The molecule has 0 aliphatic carbocycles. The SMILES string of the molecule is Cn1ccc(CNc2nc(Cl)c(Cl)cc2Cl)n1. The summed E-state index contributed by atoms with van der Waals surface area (Å²) in [6.45, 7) is 0.519. The lowest BCUT2D eigenvalue weighted by molar-refractivity contribution is 0.747. The van der Waals surface area contributed by atoms with E-state index in [0.717, 1.165) is 5.69 Å². The Morgan fingerprint density at radius 2 is 2.06 bits per heavy atom. The van der Waals surface area contributed by atoms with Crippen LogP contribution in [0, 0.1) is 0 Å². The average molecular weight is 292 g/mol. The van der Waals surface area contributed by atoms with Crippen molar-refractivity contribution in [3.05, 3.63) is 39.2 Å². The van der Waals surface area contributed by atoms with Crippen molar-refractivity contribution in [3.8, 4) is 0 Å². The summed E-state index contributed by atoms with van der Waals surface area (Å²) in [5.41, 5.74) is 0.886. The maximum atomic E-state index is 5.98. The van der Waals surface area contributed by atoms with E-state index in [2.05, 4.69) is 15.4 Å². The van der Waals surface area contributed by atoms with Crippen LogP contribution in [0.5, 0.6) is 0 Å².